The van der Waals surface area contributed by atoms with E-state index in [1.165, 1.54) is 6.92 Å². The van der Waals surface area contributed by atoms with Crippen LogP contribution in [0.1, 0.15) is 98.2 Å². The number of ketones is 1. The van der Waals surface area contributed by atoms with Crippen LogP contribution in [-0.2, 0) is 47.7 Å². The average molecular weight is 820 g/mol. The van der Waals surface area contributed by atoms with Gasteiger partial charge in [-0.25, -0.2) is 9.59 Å². The van der Waals surface area contributed by atoms with Gasteiger partial charge in [0, 0.05) is 50.0 Å². The molecule has 1 saturated heterocycles. The SMILES string of the molecule is CO[C@H]1C[C@H]2OC[C@@]2(OC(C)=O)[C@H]2[C@H](c3ccccc3)[C@]3(O)C[C@H](OC(=O)C(O)[C@@H](NC(=O)OC(C)(C)C)c4ccccc4)C(C)=C([C@@H](C)C(=O)[C@]12C)C3(C)C.O=C=O. The Morgan fingerprint density at radius 2 is 1.58 bits per heavy atom. The predicted octanol–water partition coefficient (Wildman–Crippen LogP) is 5.16. The maximum atomic E-state index is 15.5. The third kappa shape index (κ3) is 7.89. The number of methoxy groups -OCH3 is 1. The van der Waals surface area contributed by atoms with E-state index in [1.807, 2.05) is 51.1 Å². The first-order valence-corrected chi connectivity index (χ1v) is 19.8. The van der Waals surface area contributed by atoms with Crippen LogP contribution < -0.4 is 5.32 Å². The molecule has 0 spiro atoms. The minimum atomic E-state index is -1.88. The summed E-state index contributed by atoms with van der Waals surface area (Å²) in [5.41, 5.74) is -3.94. The minimum absolute atomic E-state index is 0.0211. The molecule has 3 fully saturated rings. The van der Waals surface area contributed by atoms with E-state index < -0.39 is 93.9 Å². The van der Waals surface area contributed by atoms with Crippen LogP contribution in [0.3, 0.4) is 0 Å². The largest absolute Gasteiger partial charge is 0.456 e. The van der Waals surface area contributed by atoms with E-state index in [1.54, 1.807) is 72.1 Å². The number of Topliss-reactive ketones (excluding diaryl/α,β-unsaturated/α-hetero) is 1. The van der Waals surface area contributed by atoms with Crippen LogP contribution in [0.15, 0.2) is 71.8 Å². The molecule has 2 bridgehead atoms. The van der Waals surface area contributed by atoms with Gasteiger partial charge in [-0.3, -0.25) is 9.59 Å². The number of hydrogen-bond acceptors (Lipinski definition) is 13. The fourth-order valence-electron chi connectivity index (χ4n) is 10.7. The monoisotopic (exact) mass is 819 g/mol. The molecule has 3 aliphatic carbocycles. The Balaban J connectivity index is 0.00000214. The molecule has 11 atom stereocenters. The van der Waals surface area contributed by atoms with Crippen molar-refractivity contribution in [2.75, 3.05) is 13.7 Å². The number of esters is 2. The Morgan fingerprint density at radius 1 is 1.00 bits per heavy atom. The van der Waals surface area contributed by atoms with Gasteiger partial charge in [0.15, 0.2) is 11.7 Å². The van der Waals surface area contributed by atoms with E-state index in [0.29, 0.717) is 28.7 Å². The first-order chi connectivity index (χ1) is 27.5. The fourth-order valence-corrected chi connectivity index (χ4v) is 10.7. The fraction of sp³-hybridized carbons (Fsp3) is 0.578. The molecule has 2 saturated carbocycles. The lowest BCUT2D eigenvalue weighted by Gasteiger charge is -2.69. The van der Waals surface area contributed by atoms with Crippen molar-refractivity contribution in [2.45, 2.75) is 128 Å². The molecule has 0 radical (unpaired) electrons. The molecule has 2 aromatic rings. The zero-order chi connectivity index (χ0) is 43.9. The Morgan fingerprint density at radius 3 is 2.08 bits per heavy atom. The number of benzene rings is 2. The number of rotatable bonds is 8. The highest BCUT2D eigenvalue weighted by molar-refractivity contribution is 5.91. The lowest BCUT2D eigenvalue weighted by molar-refractivity contribution is -0.333. The second kappa shape index (κ2) is 16.7. The van der Waals surface area contributed by atoms with Gasteiger partial charge in [0.05, 0.1) is 29.8 Å². The lowest BCUT2D eigenvalue weighted by atomic mass is 9.40. The predicted molar refractivity (Wildman–Crippen MR) is 210 cm³/mol. The first kappa shape index (κ1) is 45.4. The van der Waals surface area contributed by atoms with Crippen LogP contribution in [0.4, 0.5) is 4.79 Å². The highest BCUT2D eigenvalue weighted by atomic mass is 16.6. The molecule has 14 nitrogen and oxygen atoms in total. The third-order valence-corrected chi connectivity index (χ3v) is 13.1. The van der Waals surface area contributed by atoms with E-state index in [0.717, 1.165) is 0 Å². The third-order valence-electron chi connectivity index (χ3n) is 13.1. The molecule has 1 aliphatic heterocycles. The van der Waals surface area contributed by atoms with Crippen molar-refractivity contribution in [1.29, 1.82) is 0 Å². The van der Waals surface area contributed by atoms with E-state index in [-0.39, 0.29) is 25.0 Å². The molecular formula is C45H57NO13. The zero-order valence-corrected chi connectivity index (χ0v) is 35.4. The van der Waals surface area contributed by atoms with E-state index in [9.17, 15) is 24.6 Å². The van der Waals surface area contributed by atoms with Crippen molar-refractivity contribution in [3.63, 3.8) is 0 Å². The van der Waals surface area contributed by atoms with Crippen molar-refractivity contribution >= 4 is 30.0 Å². The van der Waals surface area contributed by atoms with Crippen LogP contribution in [0.25, 0.3) is 0 Å². The number of fused-ring (bicyclic) bond motifs is 5. The van der Waals surface area contributed by atoms with Crippen molar-refractivity contribution in [3.8, 4) is 0 Å². The summed E-state index contributed by atoms with van der Waals surface area (Å²) in [5.74, 6) is -4.27. The van der Waals surface area contributed by atoms with Gasteiger partial charge in [0.1, 0.15) is 23.6 Å². The Kier molecular flexibility index (Phi) is 12.9. The number of aliphatic hydroxyl groups is 2. The van der Waals surface area contributed by atoms with Crippen molar-refractivity contribution < 1.29 is 62.7 Å². The van der Waals surface area contributed by atoms with Crippen LogP contribution >= 0.6 is 0 Å². The Labute approximate surface area is 344 Å². The zero-order valence-electron chi connectivity index (χ0n) is 35.4. The molecule has 1 amide bonds. The summed E-state index contributed by atoms with van der Waals surface area (Å²) in [7, 11) is 1.56. The average Bonchev–Trinajstić information content (AvgIpc) is 3.15. The van der Waals surface area contributed by atoms with E-state index >= 15 is 4.79 Å². The standard InChI is InChI=1S/C44H57NO11.CO2/c1-24-29(54-38(49)35(47)34(28-19-15-12-16-20-28)45-39(50)56-40(4,5)6)22-44(51)33(27-17-13-11-14-18-27)36-42(9,37(48)25(2)32(24)41(44,7)8)30(52-10)21-31-43(36,23-53-31)55-26(3)46;2-1-3/h11-20,25,29-31,33-36,47,51H,21-23H2,1-10H3,(H,45,50);/t25-,29+,30+,31-,33+,34+,35?,36+,42-,43+,44-;/m1./s1. The number of alkyl carbamates (subject to hydrolysis) is 1. The molecule has 320 valence electrons. The van der Waals surface area contributed by atoms with Gasteiger partial charge in [0.2, 0.25) is 0 Å². The summed E-state index contributed by atoms with van der Waals surface area (Å²) < 4.78 is 30.2. The molecule has 0 aromatic heterocycles. The number of carbonyl (C=O) groups excluding carboxylic acids is 6. The molecule has 1 unspecified atom stereocenters. The van der Waals surface area contributed by atoms with Gasteiger partial charge < -0.3 is 39.2 Å². The maximum Gasteiger partial charge on any atom is 0.408 e. The van der Waals surface area contributed by atoms with Crippen LogP contribution in [0.2, 0.25) is 0 Å². The molecule has 6 rings (SSSR count). The summed E-state index contributed by atoms with van der Waals surface area (Å²) in [4.78, 5) is 71.9. The Bertz CT molecular complexity index is 1970. The van der Waals surface area contributed by atoms with E-state index in [2.05, 4.69) is 5.32 Å². The first-order valence-electron chi connectivity index (χ1n) is 19.8. The molecule has 59 heavy (non-hydrogen) atoms. The Hall–Kier alpha value is -4.72. The number of amides is 1. The highest BCUT2D eigenvalue weighted by Crippen LogP contribution is 2.68. The van der Waals surface area contributed by atoms with Crippen molar-refractivity contribution in [2.24, 2.45) is 22.7 Å². The lowest BCUT2D eigenvalue weighted by Crippen LogP contribution is -2.79. The number of aliphatic hydroxyl groups excluding tert-OH is 1. The summed E-state index contributed by atoms with van der Waals surface area (Å²) in [6.07, 6.45) is -4.66. The number of hydrogen-bond donors (Lipinski definition) is 3. The quantitative estimate of drug-likeness (QED) is 0.179. The van der Waals surface area contributed by atoms with Gasteiger partial charge in [-0.15, -0.1) is 0 Å². The highest BCUT2D eigenvalue weighted by Gasteiger charge is 2.76. The topological polar surface area (TPSA) is 201 Å². The van der Waals surface area contributed by atoms with Gasteiger partial charge in [-0.2, -0.15) is 9.59 Å². The maximum absolute atomic E-state index is 15.5. The molecule has 14 heteroatoms. The molecule has 3 N–H and O–H groups in total. The smallest absolute Gasteiger partial charge is 0.408 e. The van der Waals surface area contributed by atoms with Gasteiger partial charge >= 0.3 is 24.2 Å². The number of carbonyl (C=O) groups is 4. The molecule has 2 aromatic carbocycles. The van der Waals surface area contributed by atoms with Gasteiger partial charge in [0.25, 0.3) is 0 Å². The summed E-state index contributed by atoms with van der Waals surface area (Å²) in [5, 5.41) is 28.1. The van der Waals surface area contributed by atoms with Crippen LogP contribution in [0.5, 0.6) is 0 Å². The molecule has 4 aliphatic rings. The number of nitrogens with one attached hydrogen (secondary N) is 1. The van der Waals surface area contributed by atoms with Crippen molar-refractivity contribution in [1.82, 2.24) is 5.32 Å². The second-order valence-corrected chi connectivity index (χ2v) is 17.9. The van der Waals surface area contributed by atoms with Crippen LogP contribution in [0, 0.1) is 22.7 Å². The van der Waals surface area contributed by atoms with Gasteiger partial charge in [-0.05, 0) is 56.9 Å². The van der Waals surface area contributed by atoms with Gasteiger partial charge in [-0.1, -0.05) is 81.4 Å². The van der Waals surface area contributed by atoms with Crippen molar-refractivity contribution in [3.05, 3.63) is 82.9 Å². The minimum Gasteiger partial charge on any atom is -0.456 e. The number of ether oxygens (including phenoxy) is 5. The molecule has 1 heterocycles. The second-order valence-electron chi connectivity index (χ2n) is 17.9. The normalized spacial score (nSPS) is 33.0. The summed E-state index contributed by atoms with van der Waals surface area (Å²) in [6.45, 7) is 15.7. The molecular weight excluding hydrogens is 762 g/mol. The van der Waals surface area contributed by atoms with Crippen LogP contribution in [-0.4, -0.2) is 95.1 Å². The van der Waals surface area contributed by atoms with E-state index in [4.69, 9.17) is 33.3 Å². The summed E-state index contributed by atoms with van der Waals surface area (Å²) in [6, 6.07) is 16.6. The summed E-state index contributed by atoms with van der Waals surface area (Å²) >= 11 is 0.